The molecule has 0 aromatic rings. The molecule has 2 rings (SSSR count). The molecule has 0 radical (unpaired) electrons. The van der Waals surface area contributed by atoms with Gasteiger partial charge in [0.15, 0.2) is 0 Å². The van der Waals surface area contributed by atoms with Crippen LogP contribution in [0, 0.1) is 0 Å². The highest BCUT2D eigenvalue weighted by Gasteiger charge is 2.48. The van der Waals surface area contributed by atoms with Crippen LogP contribution in [0.15, 0.2) is 0 Å². The Morgan fingerprint density at radius 2 is 2.00 bits per heavy atom. The Morgan fingerprint density at radius 3 is 2.78 bits per heavy atom. The van der Waals surface area contributed by atoms with Crippen LogP contribution in [0.2, 0.25) is 0 Å². The summed E-state index contributed by atoms with van der Waals surface area (Å²) in [5.74, 6) is -0.337. The fourth-order valence-corrected chi connectivity index (χ4v) is 1.22. The van der Waals surface area contributed by atoms with Crippen LogP contribution in [0.4, 0.5) is 0 Å². The van der Waals surface area contributed by atoms with Gasteiger partial charge in [0.25, 0.3) is 5.91 Å². The van der Waals surface area contributed by atoms with Crippen molar-refractivity contribution in [3.63, 3.8) is 0 Å². The van der Waals surface area contributed by atoms with E-state index in [0.29, 0.717) is 0 Å². The van der Waals surface area contributed by atoms with Gasteiger partial charge in [0.2, 0.25) is 0 Å². The van der Waals surface area contributed by atoms with Gasteiger partial charge in [-0.15, -0.1) is 0 Å². The molecule has 0 amide bonds. The van der Waals surface area contributed by atoms with Gasteiger partial charge in [-0.2, -0.15) is 9.78 Å². The summed E-state index contributed by atoms with van der Waals surface area (Å²) in [6, 6.07) is 0. The molecule has 0 aromatic heterocycles. The van der Waals surface area contributed by atoms with Gasteiger partial charge in [-0.3, -0.25) is 5.32 Å². The Kier molecular flexibility index (Phi) is 1.22. The van der Waals surface area contributed by atoms with E-state index >= 15 is 0 Å². The number of nitrogens with one attached hydrogen (secondary N) is 1. The topological polar surface area (TPSA) is 37.1 Å². The highest BCUT2D eigenvalue weighted by atomic mass is 17.4. The maximum absolute atomic E-state index is 4.81. The summed E-state index contributed by atoms with van der Waals surface area (Å²) in [6.45, 7) is 1.03. The fourth-order valence-electron chi connectivity index (χ4n) is 1.22. The van der Waals surface area contributed by atoms with E-state index in [9.17, 15) is 0 Å². The Bertz CT molecular complexity index is 102. The predicted molar refractivity (Wildman–Crippen MR) is 31.4 cm³/mol. The Hall–Kier alpha value is -0.120. The standard InChI is InChI=1S/C6H11NO2/c1-2-4-6(8-9-6)7-5-3-1/h7H,1-5H2. The quantitative estimate of drug-likeness (QED) is 0.387. The molecule has 2 saturated heterocycles. The van der Waals surface area contributed by atoms with Crippen molar-refractivity contribution in [1.29, 1.82) is 0 Å². The van der Waals surface area contributed by atoms with E-state index in [2.05, 4.69) is 5.32 Å². The minimum atomic E-state index is -0.337. The van der Waals surface area contributed by atoms with E-state index in [1.54, 1.807) is 0 Å². The lowest BCUT2D eigenvalue weighted by molar-refractivity contribution is 0.0850. The molecule has 2 fully saturated rings. The van der Waals surface area contributed by atoms with Crippen molar-refractivity contribution in [3.05, 3.63) is 0 Å². The van der Waals surface area contributed by atoms with E-state index in [0.717, 1.165) is 13.0 Å². The molecule has 0 atom stereocenters. The lowest BCUT2D eigenvalue weighted by atomic mass is 10.2. The monoisotopic (exact) mass is 129 g/mol. The zero-order valence-corrected chi connectivity index (χ0v) is 5.35. The maximum atomic E-state index is 4.81. The van der Waals surface area contributed by atoms with Gasteiger partial charge < -0.3 is 0 Å². The third-order valence-electron chi connectivity index (χ3n) is 1.86. The molecule has 1 N–H and O–H groups in total. The van der Waals surface area contributed by atoms with Crippen LogP contribution < -0.4 is 5.32 Å². The average molecular weight is 129 g/mol. The second kappa shape index (κ2) is 1.94. The van der Waals surface area contributed by atoms with Crippen molar-refractivity contribution < 1.29 is 9.78 Å². The molecule has 52 valence electrons. The maximum Gasteiger partial charge on any atom is 0.287 e. The first-order valence-electron chi connectivity index (χ1n) is 3.53. The Balaban J connectivity index is 1.92. The fraction of sp³-hybridized carbons (Fsp3) is 1.00. The van der Waals surface area contributed by atoms with Crippen molar-refractivity contribution in [2.45, 2.75) is 31.6 Å². The highest BCUT2D eigenvalue weighted by Crippen LogP contribution is 2.33. The smallest absolute Gasteiger partial charge is 0.262 e. The van der Waals surface area contributed by atoms with E-state index < -0.39 is 0 Å². The molecule has 0 aliphatic carbocycles. The second-order valence-corrected chi connectivity index (χ2v) is 2.66. The van der Waals surface area contributed by atoms with E-state index in [1.807, 2.05) is 0 Å². The first kappa shape index (κ1) is 5.65. The zero-order chi connectivity index (χ0) is 6.16. The molecule has 2 aliphatic rings. The molecule has 9 heavy (non-hydrogen) atoms. The van der Waals surface area contributed by atoms with E-state index in [1.165, 1.54) is 19.3 Å². The summed E-state index contributed by atoms with van der Waals surface area (Å²) in [6.07, 6.45) is 4.76. The zero-order valence-electron chi connectivity index (χ0n) is 5.35. The van der Waals surface area contributed by atoms with Gasteiger partial charge in [-0.1, -0.05) is 6.42 Å². The van der Waals surface area contributed by atoms with Crippen LogP contribution in [-0.4, -0.2) is 12.5 Å². The van der Waals surface area contributed by atoms with Crippen molar-refractivity contribution in [1.82, 2.24) is 5.32 Å². The van der Waals surface area contributed by atoms with E-state index in [-0.39, 0.29) is 5.91 Å². The van der Waals surface area contributed by atoms with Crippen molar-refractivity contribution >= 4 is 0 Å². The molecule has 2 heterocycles. The summed E-state index contributed by atoms with van der Waals surface area (Å²) in [5.41, 5.74) is 0. The molecule has 0 bridgehead atoms. The molecule has 3 nitrogen and oxygen atoms in total. The molecule has 3 heteroatoms. The molecular weight excluding hydrogens is 118 g/mol. The van der Waals surface area contributed by atoms with Crippen molar-refractivity contribution in [2.75, 3.05) is 6.54 Å². The summed E-state index contributed by atoms with van der Waals surface area (Å²) in [7, 11) is 0. The summed E-state index contributed by atoms with van der Waals surface area (Å²) in [5, 5.41) is 3.19. The van der Waals surface area contributed by atoms with Gasteiger partial charge >= 0.3 is 0 Å². The molecule has 0 aromatic carbocycles. The van der Waals surface area contributed by atoms with Crippen LogP contribution in [0.1, 0.15) is 25.7 Å². The second-order valence-electron chi connectivity index (χ2n) is 2.66. The van der Waals surface area contributed by atoms with Gasteiger partial charge in [0.05, 0.1) is 0 Å². The molecule has 0 saturated carbocycles. The largest absolute Gasteiger partial charge is 0.287 e. The lowest BCUT2D eigenvalue weighted by Gasteiger charge is -2.01. The van der Waals surface area contributed by atoms with Gasteiger partial charge in [-0.05, 0) is 12.8 Å². The first-order valence-corrected chi connectivity index (χ1v) is 3.53. The summed E-state index contributed by atoms with van der Waals surface area (Å²) in [4.78, 5) is 9.61. The normalized spacial score (nSPS) is 32.0. The van der Waals surface area contributed by atoms with Crippen LogP contribution in [0.3, 0.4) is 0 Å². The van der Waals surface area contributed by atoms with Crippen LogP contribution in [0.25, 0.3) is 0 Å². The van der Waals surface area contributed by atoms with Crippen LogP contribution in [-0.2, 0) is 9.78 Å². The third-order valence-corrected chi connectivity index (χ3v) is 1.86. The highest BCUT2D eigenvalue weighted by molar-refractivity contribution is 4.74. The molecule has 0 unspecified atom stereocenters. The summed E-state index contributed by atoms with van der Waals surface area (Å²) >= 11 is 0. The van der Waals surface area contributed by atoms with Crippen molar-refractivity contribution in [3.8, 4) is 0 Å². The molecule has 1 spiro atoms. The van der Waals surface area contributed by atoms with E-state index in [4.69, 9.17) is 9.78 Å². The van der Waals surface area contributed by atoms with Crippen LogP contribution in [0.5, 0.6) is 0 Å². The van der Waals surface area contributed by atoms with Gasteiger partial charge in [0.1, 0.15) is 0 Å². The van der Waals surface area contributed by atoms with Gasteiger partial charge in [0, 0.05) is 13.0 Å². The minimum absolute atomic E-state index is 0.337. The average Bonchev–Trinajstić information content (AvgIpc) is 2.64. The van der Waals surface area contributed by atoms with Gasteiger partial charge in [-0.25, -0.2) is 0 Å². The molecular formula is C6H11NO2. The van der Waals surface area contributed by atoms with Crippen LogP contribution >= 0.6 is 0 Å². The summed E-state index contributed by atoms with van der Waals surface area (Å²) < 4.78 is 0. The first-order chi connectivity index (χ1) is 4.41. The minimum Gasteiger partial charge on any atom is -0.262 e. The Labute approximate surface area is 54.3 Å². The number of hydrogen-bond acceptors (Lipinski definition) is 3. The SMILES string of the molecule is C1CCNC2(CC1)OO2. The molecule has 2 aliphatic heterocycles. The lowest BCUT2D eigenvalue weighted by Crippen LogP contribution is -2.31. The number of rotatable bonds is 0. The third kappa shape index (κ3) is 1.08. The predicted octanol–water partition coefficient (Wildman–Crippen LogP) is 0.766. The number of hydrogen-bond donors (Lipinski definition) is 1. The Morgan fingerprint density at radius 1 is 1.11 bits per heavy atom. The van der Waals surface area contributed by atoms with Crippen molar-refractivity contribution in [2.24, 2.45) is 0 Å².